The number of alkyl halides is 1. The van der Waals surface area contributed by atoms with Gasteiger partial charge in [0.15, 0.2) is 5.82 Å². The van der Waals surface area contributed by atoms with E-state index in [1.165, 1.54) is 31.2 Å². The molecule has 0 aliphatic rings. The highest BCUT2D eigenvalue weighted by molar-refractivity contribution is 5.64. The van der Waals surface area contributed by atoms with Crippen molar-refractivity contribution >= 4 is 0 Å². The lowest BCUT2D eigenvalue weighted by atomic mass is 10.0. The van der Waals surface area contributed by atoms with Crippen molar-refractivity contribution in [1.29, 1.82) is 0 Å². The Labute approximate surface area is 192 Å². The van der Waals surface area contributed by atoms with Crippen LogP contribution in [0.4, 0.5) is 4.39 Å². The zero-order valence-corrected chi connectivity index (χ0v) is 19.6. The first-order valence-corrected chi connectivity index (χ1v) is 11.9. The molecule has 3 aromatic rings. The van der Waals surface area contributed by atoms with Crippen molar-refractivity contribution < 1.29 is 9.13 Å². The number of benzene rings is 2. The van der Waals surface area contributed by atoms with E-state index in [0.717, 1.165) is 35.4 Å². The van der Waals surface area contributed by atoms with Gasteiger partial charge in [-0.1, -0.05) is 82.9 Å². The van der Waals surface area contributed by atoms with Gasteiger partial charge < -0.3 is 4.74 Å². The van der Waals surface area contributed by atoms with Gasteiger partial charge in [-0.05, 0) is 42.0 Å². The molecule has 0 spiro atoms. The fourth-order valence-electron chi connectivity index (χ4n) is 3.54. The monoisotopic (exact) mass is 434 g/mol. The van der Waals surface area contributed by atoms with Crippen LogP contribution in [-0.4, -0.2) is 22.7 Å². The van der Waals surface area contributed by atoms with E-state index in [2.05, 4.69) is 41.2 Å². The minimum absolute atomic E-state index is 0.00642. The third-order valence-electron chi connectivity index (χ3n) is 6.04. The summed E-state index contributed by atoms with van der Waals surface area (Å²) in [5.74, 6) is 1.41. The quantitative estimate of drug-likeness (QED) is 0.274. The molecule has 1 heterocycles. The molecule has 32 heavy (non-hydrogen) atoms. The van der Waals surface area contributed by atoms with Crippen LogP contribution in [0.2, 0.25) is 0 Å². The molecule has 170 valence electrons. The van der Waals surface area contributed by atoms with Crippen LogP contribution in [0.25, 0.3) is 22.5 Å². The van der Waals surface area contributed by atoms with E-state index in [0.29, 0.717) is 5.75 Å². The number of rotatable bonds is 12. The maximum Gasteiger partial charge on any atom is 0.159 e. The minimum atomic E-state index is -0.948. The Morgan fingerprint density at radius 1 is 0.812 bits per heavy atom. The molecule has 3 rings (SSSR count). The van der Waals surface area contributed by atoms with Gasteiger partial charge in [0.2, 0.25) is 0 Å². The van der Waals surface area contributed by atoms with Crippen molar-refractivity contribution in [3.05, 3.63) is 66.5 Å². The number of unbranched alkanes of at least 4 members (excludes halogenated alkanes) is 3. The van der Waals surface area contributed by atoms with Crippen molar-refractivity contribution in [3.8, 4) is 28.3 Å². The first kappa shape index (κ1) is 23.9. The van der Waals surface area contributed by atoms with Gasteiger partial charge >= 0.3 is 0 Å². The molecular formula is C28H35FN2O. The summed E-state index contributed by atoms with van der Waals surface area (Å²) in [6.07, 6.45) is 9.79. The van der Waals surface area contributed by atoms with Crippen molar-refractivity contribution in [2.24, 2.45) is 5.92 Å². The topological polar surface area (TPSA) is 35.0 Å². The van der Waals surface area contributed by atoms with Crippen LogP contribution in [0.3, 0.4) is 0 Å². The number of nitrogens with zero attached hydrogens (tertiary/aromatic N) is 2. The molecule has 0 aliphatic heterocycles. The number of halogens is 1. The fraction of sp³-hybridized carbons (Fsp3) is 0.429. The fourth-order valence-corrected chi connectivity index (χ4v) is 3.54. The van der Waals surface area contributed by atoms with Gasteiger partial charge in [-0.25, -0.2) is 14.4 Å². The van der Waals surface area contributed by atoms with Gasteiger partial charge in [0.25, 0.3) is 0 Å². The second-order valence-corrected chi connectivity index (χ2v) is 8.54. The molecule has 2 atom stereocenters. The molecule has 0 saturated heterocycles. The van der Waals surface area contributed by atoms with Crippen molar-refractivity contribution in [3.63, 3.8) is 0 Å². The van der Waals surface area contributed by atoms with Crippen LogP contribution >= 0.6 is 0 Å². The van der Waals surface area contributed by atoms with E-state index in [9.17, 15) is 4.39 Å². The Bertz CT molecular complexity index is 923. The molecule has 3 nitrogen and oxygen atoms in total. The molecule has 2 unspecified atom stereocenters. The second kappa shape index (κ2) is 12.3. The van der Waals surface area contributed by atoms with Gasteiger partial charge in [-0.3, -0.25) is 0 Å². The zero-order valence-electron chi connectivity index (χ0n) is 19.6. The standard InChI is InChI=1S/C28H35FN2O/c1-4-6-7-8-9-22-10-12-24(13-11-22)28-30-18-25(19-31-28)23-14-16-26(17-15-23)32-20-27(29)21(3)5-2/h10-19,21,27H,4-9,20H2,1-3H3. The molecule has 0 N–H and O–H groups in total. The van der Waals surface area contributed by atoms with E-state index in [-0.39, 0.29) is 12.5 Å². The molecule has 0 bridgehead atoms. The van der Waals surface area contributed by atoms with Gasteiger partial charge in [0.1, 0.15) is 18.5 Å². The molecule has 0 saturated carbocycles. The summed E-state index contributed by atoms with van der Waals surface area (Å²) >= 11 is 0. The molecule has 2 aromatic carbocycles. The third-order valence-corrected chi connectivity index (χ3v) is 6.04. The average Bonchev–Trinajstić information content (AvgIpc) is 2.85. The number of hydrogen-bond acceptors (Lipinski definition) is 3. The van der Waals surface area contributed by atoms with Gasteiger partial charge in [0, 0.05) is 23.5 Å². The highest BCUT2D eigenvalue weighted by Crippen LogP contribution is 2.24. The Balaban J connectivity index is 1.57. The summed E-state index contributed by atoms with van der Waals surface area (Å²) < 4.78 is 19.6. The van der Waals surface area contributed by atoms with Crippen molar-refractivity contribution in [2.45, 2.75) is 65.5 Å². The van der Waals surface area contributed by atoms with E-state index in [1.54, 1.807) is 0 Å². The Hall–Kier alpha value is -2.75. The third kappa shape index (κ3) is 6.88. The van der Waals surface area contributed by atoms with E-state index in [1.807, 2.05) is 50.5 Å². The number of aryl methyl sites for hydroxylation is 1. The summed E-state index contributed by atoms with van der Waals surface area (Å²) in [7, 11) is 0. The maximum atomic E-state index is 14.0. The van der Waals surface area contributed by atoms with Gasteiger partial charge in [-0.15, -0.1) is 0 Å². The maximum absolute atomic E-state index is 14.0. The first-order chi connectivity index (χ1) is 15.6. The van der Waals surface area contributed by atoms with Crippen molar-refractivity contribution in [2.75, 3.05) is 6.61 Å². The summed E-state index contributed by atoms with van der Waals surface area (Å²) in [6, 6.07) is 16.2. The van der Waals surface area contributed by atoms with Crippen LogP contribution in [0.5, 0.6) is 5.75 Å². The van der Waals surface area contributed by atoms with Gasteiger partial charge in [-0.2, -0.15) is 0 Å². The summed E-state index contributed by atoms with van der Waals surface area (Å²) in [6.45, 7) is 6.22. The predicted molar refractivity (Wildman–Crippen MR) is 131 cm³/mol. The lowest BCUT2D eigenvalue weighted by Gasteiger charge is -2.15. The SMILES string of the molecule is CCCCCCc1ccc(-c2ncc(-c3ccc(OCC(F)C(C)CC)cc3)cn2)cc1. The summed E-state index contributed by atoms with van der Waals surface area (Å²) in [5, 5.41) is 0. The Morgan fingerprint density at radius 3 is 2.09 bits per heavy atom. The van der Waals surface area contributed by atoms with Crippen LogP contribution in [0, 0.1) is 5.92 Å². The molecule has 0 radical (unpaired) electrons. The first-order valence-electron chi connectivity index (χ1n) is 11.9. The number of aromatic nitrogens is 2. The molecule has 0 fully saturated rings. The normalized spacial score (nSPS) is 13.0. The zero-order chi connectivity index (χ0) is 22.8. The number of hydrogen-bond donors (Lipinski definition) is 0. The molecule has 4 heteroatoms. The molecular weight excluding hydrogens is 399 g/mol. The Morgan fingerprint density at radius 2 is 1.47 bits per heavy atom. The predicted octanol–water partition coefficient (Wildman–Crippen LogP) is 7.70. The van der Waals surface area contributed by atoms with Gasteiger partial charge in [0.05, 0.1) is 0 Å². The lowest BCUT2D eigenvalue weighted by Crippen LogP contribution is -2.20. The van der Waals surface area contributed by atoms with Crippen molar-refractivity contribution in [1.82, 2.24) is 9.97 Å². The van der Waals surface area contributed by atoms with Crippen LogP contribution in [0.15, 0.2) is 60.9 Å². The molecule has 0 aliphatic carbocycles. The number of ether oxygens (including phenoxy) is 1. The smallest absolute Gasteiger partial charge is 0.159 e. The lowest BCUT2D eigenvalue weighted by molar-refractivity contribution is 0.145. The molecule has 1 aromatic heterocycles. The summed E-state index contributed by atoms with van der Waals surface area (Å²) in [4.78, 5) is 9.12. The molecule has 0 amide bonds. The van der Waals surface area contributed by atoms with Crippen LogP contribution < -0.4 is 4.74 Å². The summed E-state index contributed by atoms with van der Waals surface area (Å²) in [5.41, 5.74) is 4.34. The second-order valence-electron chi connectivity index (χ2n) is 8.54. The highest BCUT2D eigenvalue weighted by atomic mass is 19.1. The van der Waals surface area contributed by atoms with E-state index in [4.69, 9.17) is 4.74 Å². The van der Waals surface area contributed by atoms with Crippen LogP contribution in [0.1, 0.15) is 58.4 Å². The minimum Gasteiger partial charge on any atom is -0.491 e. The largest absolute Gasteiger partial charge is 0.491 e. The van der Waals surface area contributed by atoms with Crippen LogP contribution in [-0.2, 0) is 6.42 Å². The average molecular weight is 435 g/mol. The highest BCUT2D eigenvalue weighted by Gasteiger charge is 2.15. The van der Waals surface area contributed by atoms with E-state index >= 15 is 0 Å². The Kier molecular flexibility index (Phi) is 9.21. The van der Waals surface area contributed by atoms with E-state index < -0.39 is 6.17 Å².